The van der Waals surface area contributed by atoms with Gasteiger partial charge < -0.3 is 16.0 Å². The van der Waals surface area contributed by atoms with Gasteiger partial charge >= 0.3 is 0 Å². The predicted molar refractivity (Wildman–Crippen MR) is 81.8 cm³/mol. The number of hydrogen-bond acceptors (Lipinski definition) is 5. The van der Waals surface area contributed by atoms with Crippen molar-refractivity contribution < 1.29 is 4.79 Å². The Balaban J connectivity index is 3.16. The molecule has 0 saturated heterocycles. The van der Waals surface area contributed by atoms with Gasteiger partial charge in [0.2, 0.25) is 5.91 Å². The standard InChI is InChI=1S/C14H25N5O/c1-5-11-13(16-6-2)17-9-18-14(11)19(7-10(3)4)8-12(15)20/h9-10H,5-8H2,1-4H3,(H2,15,20)(H,16,17,18). The summed E-state index contributed by atoms with van der Waals surface area (Å²) in [5, 5.41) is 3.24. The van der Waals surface area contributed by atoms with E-state index in [1.165, 1.54) is 6.33 Å². The monoisotopic (exact) mass is 279 g/mol. The lowest BCUT2D eigenvalue weighted by atomic mass is 10.1. The number of carbonyl (C=O) groups is 1. The van der Waals surface area contributed by atoms with E-state index < -0.39 is 0 Å². The molecule has 0 aliphatic rings. The molecule has 20 heavy (non-hydrogen) atoms. The van der Waals surface area contributed by atoms with Gasteiger partial charge in [-0.25, -0.2) is 9.97 Å². The molecule has 1 rings (SSSR count). The zero-order valence-electron chi connectivity index (χ0n) is 12.8. The molecule has 0 aromatic carbocycles. The summed E-state index contributed by atoms with van der Waals surface area (Å²) in [6, 6.07) is 0. The molecule has 0 saturated carbocycles. The Labute approximate surface area is 120 Å². The van der Waals surface area contributed by atoms with Crippen LogP contribution in [-0.2, 0) is 11.2 Å². The van der Waals surface area contributed by atoms with Crippen LogP contribution < -0.4 is 16.0 Å². The van der Waals surface area contributed by atoms with Gasteiger partial charge in [0.05, 0.1) is 6.54 Å². The Morgan fingerprint density at radius 3 is 2.60 bits per heavy atom. The topological polar surface area (TPSA) is 84.1 Å². The van der Waals surface area contributed by atoms with Crippen LogP contribution in [0, 0.1) is 5.92 Å². The van der Waals surface area contributed by atoms with Gasteiger partial charge in [-0.1, -0.05) is 20.8 Å². The van der Waals surface area contributed by atoms with Crippen LogP contribution in [0.3, 0.4) is 0 Å². The van der Waals surface area contributed by atoms with Crippen LogP contribution in [0.1, 0.15) is 33.3 Å². The number of anilines is 2. The van der Waals surface area contributed by atoms with Gasteiger partial charge in [-0.05, 0) is 19.3 Å². The molecule has 0 bridgehead atoms. The Kier molecular flexibility index (Phi) is 6.21. The van der Waals surface area contributed by atoms with Crippen LogP contribution in [0.15, 0.2) is 6.33 Å². The largest absolute Gasteiger partial charge is 0.370 e. The molecule has 0 unspecified atom stereocenters. The van der Waals surface area contributed by atoms with Gasteiger partial charge in [0.15, 0.2) is 0 Å². The first-order valence-corrected chi connectivity index (χ1v) is 7.10. The van der Waals surface area contributed by atoms with Crippen LogP contribution in [0.25, 0.3) is 0 Å². The number of nitrogens with two attached hydrogens (primary N) is 1. The third-order valence-corrected chi connectivity index (χ3v) is 2.85. The molecule has 1 amide bonds. The van der Waals surface area contributed by atoms with E-state index >= 15 is 0 Å². The summed E-state index contributed by atoms with van der Waals surface area (Å²) in [5.41, 5.74) is 6.38. The maximum absolute atomic E-state index is 11.3. The highest BCUT2D eigenvalue weighted by Gasteiger charge is 2.18. The molecule has 0 atom stereocenters. The summed E-state index contributed by atoms with van der Waals surface area (Å²) in [6.45, 7) is 9.99. The smallest absolute Gasteiger partial charge is 0.236 e. The summed E-state index contributed by atoms with van der Waals surface area (Å²) < 4.78 is 0. The fraction of sp³-hybridized carbons (Fsp3) is 0.643. The zero-order chi connectivity index (χ0) is 15.1. The second-order valence-electron chi connectivity index (χ2n) is 5.15. The average molecular weight is 279 g/mol. The molecule has 0 aliphatic heterocycles. The number of primary amides is 1. The normalized spacial score (nSPS) is 10.7. The number of nitrogens with one attached hydrogen (secondary N) is 1. The average Bonchev–Trinajstić information content (AvgIpc) is 2.37. The van der Waals surface area contributed by atoms with Gasteiger partial charge in [0, 0.05) is 18.7 Å². The van der Waals surface area contributed by atoms with Crippen LogP contribution in [0.4, 0.5) is 11.6 Å². The van der Waals surface area contributed by atoms with E-state index in [0.717, 1.165) is 36.7 Å². The summed E-state index contributed by atoms with van der Waals surface area (Å²) >= 11 is 0. The second kappa shape index (κ2) is 7.67. The lowest BCUT2D eigenvalue weighted by Gasteiger charge is -2.26. The van der Waals surface area contributed by atoms with Crippen molar-refractivity contribution >= 4 is 17.5 Å². The van der Waals surface area contributed by atoms with E-state index in [9.17, 15) is 4.79 Å². The van der Waals surface area contributed by atoms with Crippen molar-refractivity contribution in [2.75, 3.05) is 29.9 Å². The molecule has 1 aromatic heterocycles. The molecule has 0 aliphatic carbocycles. The van der Waals surface area contributed by atoms with E-state index in [0.29, 0.717) is 5.92 Å². The fourth-order valence-electron chi connectivity index (χ4n) is 2.18. The molecule has 6 nitrogen and oxygen atoms in total. The van der Waals surface area contributed by atoms with E-state index in [2.05, 4.69) is 36.1 Å². The van der Waals surface area contributed by atoms with E-state index in [1.54, 1.807) is 0 Å². The maximum Gasteiger partial charge on any atom is 0.236 e. The number of amides is 1. The van der Waals surface area contributed by atoms with Crippen LogP contribution in [-0.4, -0.2) is 35.5 Å². The molecule has 1 aromatic rings. The quantitative estimate of drug-likeness (QED) is 0.752. The first kappa shape index (κ1) is 16.2. The molecule has 1 heterocycles. The van der Waals surface area contributed by atoms with Gasteiger partial charge in [0.1, 0.15) is 18.0 Å². The molecule has 6 heteroatoms. The lowest BCUT2D eigenvalue weighted by molar-refractivity contribution is -0.116. The first-order valence-electron chi connectivity index (χ1n) is 7.10. The van der Waals surface area contributed by atoms with Crippen molar-refractivity contribution in [2.24, 2.45) is 11.7 Å². The SMILES string of the molecule is CCNc1ncnc(N(CC(N)=O)CC(C)C)c1CC. The summed E-state index contributed by atoms with van der Waals surface area (Å²) in [7, 11) is 0. The van der Waals surface area contributed by atoms with Crippen LogP contribution >= 0.6 is 0 Å². The number of carbonyl (C=O) groups excluding carboxylic acids is 1. The molecular weight excluding hydrogens is 254 g/mol. The molecular formula is C14H25N5O. The molecule has 112 valence electrons. The van der Waals surface area contributed by atoms with Crippen molar-refractivity contribution in [3.63, 3.8) is 0 Å². The number of hydrogen-bond donors (Lipinski definition) is 2. The van der Waals surface area contributed by atoms with Gasteiger partial charge in [0.25, 0.3) is 0 Å². The Morgan fingerprint density at radius 2 is 2.10 bits per heavy atom. The van der Waals surface area contributed by atoms with Crippen molar-refractivity contribution in [2.45, 2.75) is 34.1 Å². The van der Waals surface area contributed by atoms with E-state index in [-0.39, 0.29) is 12.5 Å². The van der Waals surface area contributed by atoms with Crippen molar-refractivity contribution in [3.05, 3.63) is 11.9 Å². The second-order valence-corrected chi connectivity index (χ2v) is 5.15. The molecule has 3 N–H and O–H groups in total. The molecule has 0 fully saturated rings. The molecule has 0 radical (unpaired) electrons. The summed E-state index contributed by atoms with van der Waals surface area (Å²) in [5.74, 6) is 1.69. The Morgan fingerprint density at radius 1 is 1.40 bits per heavy atom. The lowest BCUT2D eigenvalue weighted by Crippen LogP contribution is -2.37. The van der Waals surface area contributed by atoms with Crippen molar-refractivity contribution in [1.29, 1.82) is 0 Å². The maximum atomic E-state index is 11.3. The van der Waals surface area contributed by atoms with Gasteiger partial charge in [-0.15, -0.1) is 0 Å². The minimum absolute atomic E-state index is 0.174. The zero-order valence-corrected chi connectivity index (χ0v) is 12.8. The Hall–Kier alpha value is -1.85. The number of aromatic nitrogens is 2. The summed E-state index contributed by atoms with van der Waals surface area (Å²) in [6.07, 6.45) is 2.33. The van der Waals surface area contributed by atoms with Crippen molar-refractivity contribution in [1.82, 2.24) is 9.97 Å². The fourth-order valence-corrected chi connectivity index (χ4v) is 2.18. The Bertz CT molecular complexity index is 447. The highest BCUT2D eigenvalue weighted by Crippen LogP contribution is 2.24. The van der Waals surface area contributed by atoms with Crippen LogP contribution in [0.2, 0.25) is 0 Å². The molecule has 0 spiro atoms. The van der Waals surface area contributed by atoms with Gasteiger partial charge in [-0.2, -0.15) is 0 Å². The minimum atomic E-state index is -0.351. The third-order valence-electron chi connectivity index (χ3n) is 2.85. The highest BCUT2D eigenvalue weighted by atomic mass is 16.1. The minimum Gasteiger partial charge on any atom is -0.370 e. The first-order chi connectivity index (χ1) is 9.49. The van der Waals surface area contributed by atoms with Crippen molar-refractivity contribution in [3.8, 4) is 0 Å². The third kappa shape index (κ3) is 4.36. The van der Waals surface area contributed by atoms with Crippen LogP contribution in [0.5, 0.6) is 0 Å². The van der Waals surface area contributed by atoms with E-state index in [1.807, 2.05) is 11.8 Å². The summed E-state index contributed by atoms with van der Waals surface area (Å²) in [4.78, 5) is 21.9. The highest BCUT2D eigenvalue weighted by molar-refractivity contribution is 5.79. The number of nitrogens with zero attached hydrogens (tertiary/aromatic N) is 3. The predicted octanol–water partition coefficient (Wildman–Crippen LogP) is 1.42. The number of rotatable bonds is 8. The van der Waals surface area contributed by atoms with E-state index in [4.69, 9.17) is 5.73 Å². The van der Waals surface area contributed by atoms with Gasteiger partial charge in [-0.3, -0.25) is 4.79 Å².